The minimum Gasteiger partial charge on any atom is -0.322 e. The summed E-state index contributed by atoms with van der Waals surface area (Å²) in [6.45, 7) is 2.78. The topological polar surface area (TPSA) is 49.4 Å². The van der Waals surface area contributed by atoms with Crippen molar-refractivity contribution in [1.29, 1.82) is 0 Å². The fourth-order valence-electron chi connectivity index (χ4n) is 3.76. The van der Waals surface area contributed by atoms with Gasteiger partial charge in [-0.25, -0.2) is 0 Å². The van der Waals surface area contributed by atoms with Gasteiger partial charge in [0.25, 0.3) is 11.8 Å². The maximum atomic E-state index is 13.0. The number of anilines is 2. The van der Waals surface area contributed by atoms with Gasteiger partial charge in [-0.1, -0.05) is 37.3 Å². The fourth-order valence-corrected chi connectivity index (χ4v) is 4.56. The van der Waals surface area contributed by atoms with E-state index >= 15 is 0 Å². The summed E-state index contributed by atoms with van der Waals surface area (Å²) in [5.74, 6) is 0.812. The van der Waals surface area contributed by atoms with E-state index < -0.39 is 0 Å². The highest BCUT2D eigenvalue weighted by Crippen LogP contribution is 2.31. The predicted octanol–water partition coefficient (Wildman–Crippen LogP) is 5.64. The molecule has 0 unspecified atom stereocenters. The summed E-state index contributed by atoms with van der Waals surface area (Å²) in [6, 6.07) is 22.8. The molecule has 0 fully saturated rings. The normalized spacial score (nSPS) is 12.9. The molecule has 1 aliphatic rings. The van der Waals surface area contributed by atoms with E-state index in [0.717, 1.165) is 40.4 Å². The monoisotopic (exact) mass is 416 g/mol. The largest absolute Gasteiger partial charge is 0.322 e. The van der Waals surface area contributed by atoms with Gasteiger partial charge in [0.2, 0.25) is 0 Å². The molecule has 3 aromatic rings. The van der Waals surface area contributed by atoms with Crippen molar-refractivity contribution in [3.8, 4) is 0 Å². The van der Waals surface area contributed by atoms with Crippen molar-refractivity contribution in [1.82, 2.24) is 0 Å². The van der Waals surface area contributed by atoms with Crippen LogP contribution in [0.15, 0.2) is 77.7 Å². The number of amides is 2. The van der Waals surface area contributed by atoms with Crippen LogP contribution in [0.4, 0.5) is 11.4 Å². The Labute approximate surface area is 181 Å². The highest BCUT2D eigenvalue weighted by atomic mass is 32.2. The second-order valence-electron chi connectivity index (χ2n) is 7.15. The third-order valence-corrected chi connectivity index (χ3v) is 6.11. The Bertz CT molecular complexity index is 1070. The number of rotatable bonds is 5. The van der Waals surface area contributed by atoms with Crippen LogP contribution in [-0.4, -0.2) is 24.1 Å². The number of thioether (sulfide) groups is 1. The summed E-state index contributed by atoms with van der Waals surface area (Å²) >= 11 is 1.66. The molecule has 0 aliphatic carbocycles. The van der Waals surface area contributed by atoms with Gasteiger partial charge >= 0.3 is 0 Å². The maximum Gasteiger partial charge on any atom is 0.258 e. The molecule has 2 amide bonds. The molecular weight excluding hydrogens is 392 g/mol. The van der Waals surface area contributed by atoms with E-state index in [1.807, 2.05) is 77.7 Å². The molecule has 0 bridgehead atoms. The lowest BCUT2D eigenvalue weighted by Gasteiger charge is -2.30. The van der Waals surface area contributed by atoms with Gasteiger partial charge < -0.3 is 10.2 Å². The number of nitrogens with one attached hydrogen (secondary N) is 1. The highest BCUT2D eigenvalue weighted by Gasteiger charge is 2.24. The van der Waals surface area contributed by atoms with E-state index in [2.05, 4.69) is 12.2 Å². The van der Waals surface area contributed by atoms with E-state index in [9.17, 15) is 9.59 Å². The van der Waals surface area contributed by atoms with E-state index in [4.69, 9.17) is 0 Å². The van der Waals surface area contributed by atoms with Crippen LogP contribution in [0.5, 0.6) is 0 Å². The van der Waals surface area contributed by atoms with Gasteiger partial charge in [0, 0.05) is 28.4 Å². The Kier molecular flexibility index (Phi) is 6.19. The third-order valence-electron chi connectivity index (χ3n) is 5.15. The Morgan fingerprint density at radius 1 is 1.00 bits per heavy atom. The number of carbonyl (C=O) groups is 2. The predicted molar refractivity (Wildman–Crippen MR) is 124 cm³/mol. The van der Waals surface area contributed by atoms with Gasteiger partial charge in [-0.3, -0.25) is 9.59 Å². The van der Waals surface area contributed by atoms with Gasteiger partial charge in [-0.15, -0.1) is 11.8 Å². The van der Waals surface area contributed by atoms with Crippen LogP contribution < -0.4 is 10.2 Å². The first-order valence-electron chi connectivity index (χ1n) is 10.2. The molecule has 152 valence electrons. The molecule has 30 heavy (non-hydrogen) atoms. The summed E-state index contributed by atoms with van der Waals surface area (Å²) in [7, 11) is 0. The number of benzene rings is 3. The van der Waals surface area contributed by atoms with Crippen molar-refractivity contribution >= 4 is 35.0 Å². The van der Waals surface area contributed by atoms with Crippen LogP contribution in [0.1, 0.15) is 39.6 Å². The van der Waals surface area contributed by atoms with Gasteiger partial charge in [0.05, 0.1) is 5.56 Å². The van der Waals surface area contributed by atoms with Crippen LogP contribution in [0.25, 0.3) is 0 Å². The Hall–Kier alpha value is -3.05. The third kappa shape index (κ3) is 4.26. The number of hydrogen-bond acceptors (Lipinski definition) is 3. The molecule has 1 heterocycles. The molecule has 0 spiro atoms. The van der Waals surface area contributed by atoms with Crippen LogP contribution in [-0.2, 0) is 6.42 Å². The number of fused-ring (bicyclic) bond motifs is 1. The van der Waals surface area contributed by atoms with E-state index in [1.165, 1.54) is 0 Å². The second-order valence-corrected chi connectivity index (χ2v) is 8.46. The molecule has 4 nitrogen and oxygen atoms in total. The number of aryl methyl sites for hydroxylation is 1. The quantitative estimate of drug-likeness (QED) is 0.547. The van der Waals surface area contributed by atoms with Crippen LogP contribution in [0.3, 0.4) is 0 Å². The smallest absolute Gasteiger partial charge is 0.258 e. The molecule has 0 radical (unpaired) electrons. The van der Waals surface area contributed by atoms with Gasteiger partial charge in [-0.05, 0) is 66.6 Å². The summed E-state index contributed by atoms with van der Waals surface area (Å²) in [5.41, 5.74) is 4.13. The van der Waals surface area contributed by atoms with Crippen LogP contribution in [0, 0.1) is 0 Å². The molecule has 0 aromatic heterocycles. The van der Waals surface area contributed by atoms with Gasteiger partial charge in [0.15, 0.2) is 0 Å². The zero-order chi connectivity index (χ0) is 20.9. The minimum atomic E-state index is -0.112. The van der Waals surface area contributed by atoms with Crippen LogP contribution >= 0.6 is 11.8 Å². The minimum absolute atomic E-state index is 0.0128. The summed E-state index contributed by atoms with van der Waals surface area (Å²) in [5, 5.41) is 3.03. The average Bonchev–Trinajstić information content (AvgIpc) is 2.79. The lowest BCUT2D eigenvalue weighted by atomic mass is 10.00. The van der Waals surface area contributed by atoms with Gasteiger partial charge in [0.1, 0.15) is 0 Å². The molecule has 3 aromatic carbocycles. The first-order valence-corrected chi connectivity index (χ1v) is 11.2. The van der Waals surface area contributed by atoms with Crippen molar-refractivity contribution in [2.45, 2.75) is 24.7 Å². The first-order chi connectivity index (χ1) is 14.7. The Morgan fingerprint density at radius 3 is 2.57 bits per heavy atom. The second kappa shape index (κ2) is 9.18. The molecule has 1 aliphatic heterocycles. The average molecular weight is 417 g/mol. The SMILES string of the molecule is CCSc1ccccc1C(=O)Nc1ccc2c(c1)CCCN2C(=O)c1ccccc1. The molecule has 4 rings (SSSR count). The molecular formula is C25H24N2O2S. The molecule has 1 N–H and O–H groups in total. The first kappa shape index (κ1) is 20.2. The number of carbonyl (C=O) groups excluding carboxylic acids is 2. The maximum absolute atomic E-state index is 13.0. The molecule has 0 saturated carbocycles. The van der Waals surface area contributed by atoms with E-state index in [-0.39, 0.29) is 11.8 Å². The lowest BCUT2D eigenvalue weighted by molar-refractivity contribution is 0.0983. The van der Waals surface area contributed by atoms with E-state index in [0.29, 0.717) is 17.7 Å². The molecule has 5 heteroatoms. The van der Waals surface area contributed by atoms with Crippen molar-refractivity contribution in [2.24, 2.45) is 0 Å². The van der Waals surface area contributed by atoms with Crippen molar-refractivity contribution < 1.29 is 9.59 Å². The van der Waals surface area contributed by atoms with Crippen LogP contribution in [0.2, 0.25) is 0 Å². The van der Waals surface area contributed by atoms with Gasteiger partial charge in [-0.2, -0.15) is 0 Å². The van der Waals surface area contributed by atoms with Crippen molar-refractivity contribution in [3.63, 3.8) is 0 Å². The standard InChI is InChI=1S/C25H24N2O2S/c1-2-30-23-13-7-6-12-21(23)24(28)26-20-14-15-22-19(17-20)11-8-16-27(22)25(29)18-9-4-3-5-10-18/h3-7,9-10,12-15,17H,2,8,11,16H2,1H3,(H,26,28). The summed E-state index contributed by atoms with van der Waals surface area (Å²) in [6.07, 6.45) is 1.79. The highest BCUT2D eigenvalue weighted by molar-refractivity contribution is 7.99. The molecule has 0 saturated heterocycles. The summed E-state index contributed by atoms with van der Waals surface area (Å²) < 4.78 is 0. The van der Waals surface area contributed by atoms with Crippen molar-refractivity contribution in [3.05, 3.63) is 89.5 Å². The molecule has 0 atom stereocenters. The number of nitrogens with zero attached hydrogens (tertiary/aromatic N) is 1. The lowest BCUT2D eigenvalue weighted by Crippen LogP contribution is -2.35. The van der Waals surface area contributed by atoms with Crippen molar-refractivity contribution in [2.75, 3.05) is 22.5 Å². The summed E-state index contributed by atoms with van der Waals surface area (Å²) in [4.78, 5) is 28.6. The number of hydrogen-bond donors (Lipinski definition) is 1. The van der Waals surface area contributed by atoms with E-state index in [1.54, 1.807) is 11.8 Å². The zero-order valence-electron chi connectivity index (χ0n) is 16.9. The zero-order valence-corrected chi connectivity index (χ0v) is 17.7. The Balaban J connectivity index is 1.56. The Morgan fingerprint density at radius 2 is 1.77 bits per heavy atom. The fraction of sp³-hybridized carbons (Fsp3) is 0.200.